The first-order chi connectivity index (χ1) is 14.4. The van der Waals surface area contributed by atoms with E-state index in [0.29, 0.717) is 12.3 Å². The maximum atomic E-state index is 11.8. The van der Waals surface area contributed by atoms with Gasteiger partial charge in [-0.1, -0.05) is 13.8 Å². The molecular formula is C23H33N3O3S. The van der Waals surface area contributed by atoms with Gasteiger partial charge in [-0.25, -0.2) is 4.98 Å². The Morgan fingerprint density at radius 3 is 2.67 bits per heavy atom. The lowest BCUT2D eigenvalue weighted by Crippen LogP contribution is -2.55. The molecule has 6 nitrogen and oxygen atoms in total. The van der Waals surface area contributed by atoms with Crippen molar-refractivity contribution in [3.63, 3.8) is 0 Å². The molecule has 0 aliphatic heterocycles. The van der Waals surface area contributed by atoms with Crippen molar-refractivity contribution < 1.29 is 15.3 Å². The molecule has 4 N–H and O–H groups in total. The molecule has 0 unspecified atom stereocenters. The molecule has 3 aliphatic carbocycles. The van der Waals surface area contributed by atoms with Gasteiger partial charge >= 0.3 is 0 Å². The number of H-pyrrole nitrogens is 1. The molecule has 2 fully saturated rings. The Balaban J connectivity index is 1.50. The number of hydrogen-bond acceptors (Lipinski definition) is 6. The van der Waals surface area contributed by atoms with Gasteiger partial charge in [-0.3, -0.25) is 5.10 Å². The lowest BCUT2D eigenvalue weighted by atomic mass is 9.48. The van der Waals surface area contributed by atoms with Gasteiger partial charge in [0.05, 0.1) is 6.20 Å². The van der Waals surface area contributed by atoms with Crippen molar-refractivity contribution in [2.75, 3.05) is 13.2 Å². The van der Waals surface area contributed by atoms with Crippen LogP contribution in [0.25, 0.3) is 0 Å². The monoisotopic (exact) mass is 431 g/mol. The van der Waals surface area contributed by atoms with Crippen LogP contribution in [0, 0.1) is 34.5 Å². The quantitative estimate of drug-likeness (QED) is 0.596. The van der Waals surface area contributed by atoms with Crippen LogP contribution in [0.2, 0.25) is 0 Å². The summed E-state index contributed by atoms with van der Waals surface area (Å²) in [5, 5.41) is 42.8. The summed E-state index contributed by atoms with van der Waals surface area (Å²) < 4.78 is 0. The van der Waals surface area contributed by atoms with Gasteiger partial charge in [0.15, 0.2) is 0 Å². The van der Waals surface area contributed by atoms with E-state index in [0.717, 1.165) is 42.8 Å². The number of nitrogens with zero attached hydrogens (tertiary/aromatic N) is 2. The topological polar surface area (TPSA) is 102 Å². The summed E-state index contributed by atoms with van der Waals surface area (Å²) in [4.78, 5) is 4.49. The summed E-state index contributed by atoms with van der Waals surface area (Å²) in [7, 11) is 0. The van der Waals surface area contributed by atoms with Gasteiger partial charge in [-0.05, 0) is 73.2 Å². The van der Waals surface area contributed by atoms with Crippen molar-refractivity contribution in [3.8, 4) is 0 Å². The minimum atomic E-state index is -0.911. The van der Waals surface area contributed by atoms with Crippen LogP contribution in [0.3, 0.4) is 0 Å². The molecule has 3 aliphatic rings. The molecule has 0 radical (unpaired) electrons. The SMILES string of the molecule is C[C@]1([C@H]2CC[C@@]3(C)[C@@H](CC[C@@]3(O)c3nccs3)[C@@H]2CO)Cc2cn[nH]c2C[C@@H]1CO. The van der Waals surface area contributed by atoms with Crippen LogP contribution in [0.1, 0.15) is 55.8 Å². The number of hydrogen-bond donors (Lipinski definition) is 4. The molecule has 2 aromatic rings. The summed E-state index contributed by atoms with van der Waals surface area (Å²) >= 11 is 1.54. The zero-order valence-corrected chi connectivity index (χ0v) is 18.7. The number of fused-ring (bicyclic) bond motifs is 2. The molecule has 2 aromatic heterocycles. The zero-order valence-electron chi connectivity index (χ0n) is 17.8. The number of rotatable bonds is 4. The number of aromatic nitrogens is 3. The lowest BCUT2D eigenvalue weighted by molar-refractivity contribution is -0.144. The fourth-order valence-corrected chi connectivity index (χ4v) is 8.47. The number of nitrogens with one attached hydrogen (secondary N) is 1. The Labute approximate surface area is 181 Å². The number of aliphatic hydroxyl groups excluding tert-OH is 2. The summed E-state index contributed by atoms with van der Waals surface area (Å²) in [5.74, 6) is 0.815. The van der Waals surface area contributed by atoms with Crippen LogP contribution in [-0.2, 0) is 18.4 Å². The fourth-order valence-electron chi connectivity index (χ4n) is 7.56. The molecule has 164 valence electrons. The lowest BCUT2D eigenvalue weighted by Gasteiger charge is -2.57. The predicted molar refractivity (Wildman–Crippen MR) is 115 cm³/mol. The second kappa shape index (κ2) is 7.12. The Morgan fingerprint density at radius 1 is 1.17 bits per heavy atom. The fraction of sp³-hybridized carbons (Fsp3) is 0.739. The third kappa shape index (κ3) is 2.65. The molecule has 7 heteroatoms. The molecule has 0 amide bonds. The van der Waals surface area contributed by atoms with Crippen LogP contribution in [-0.4, -0.2) is 43.7 Å². The average molecular weight is 432 g/mol. The van der Waals surface area contributed by atoms with Gasteiger partial charge in [-0.2, -0.15) is 5.10 Å². The van der Waals surface area contributed by atoms with Crippen LogP contribution in [0.4, 0.5) is 0 Å². The number of aliphatic hydroxyl groups is 3. The van der Waals surface area contributed by atoms with E-state index in [1.165, 1.54) is 5.56 Å². The largest absolute Gasteiger partial charge is 0.396 e. The highest BCUT2D eigenvalue weighted by atomic mass is 32.1. The average Bonchev–Trinajstić information content (AvgIpc) is 3.47. The van der Waals surface area contributed by atoms with Crippen LogP contribution in [0.15, 0.2) is 17.8 Å². The smallest absolute Gasteiger partial charge is 0.125 e. The molecular weight excluding hydrogens is 398 g/mol. The number of aromatic amines is 1. The van der Waals surface area contributed by atoms with Crippen molar-refractivity contribution in [1.82, 2.24) is 15.2 Å². The summed E-state index contributed by atoms with van der Waals surface area (Å²) in [6, 6.07) is 0. The maximum absolute atomic E-state index is 11.8. The van der Waals surface area contributed by atoms with E-state index in [2.05, 4.69) is 29.0 Å². The third-order valence-corrected chi connectivity index (χ3v) is 10.3. The Bertz CT molecular complexity index is 901. The molecule has 0 bridgehead atoms. The summed E-state index contributed by atoms with van der Waals surface area (Å²) in [6.45, 7) is 4.80. The van der Waals surface area contributed by atoms with Crippen LogP contribution < -0.4 is 0 Å². The molecule has 0 aromatic carbocycles. The van der Waals surface area contributed by atoms with E-state index in [-0.39, 0.29) is 41.8 Å². The summed E-state index contributed by atoms with van der Waals surface area (Å²) in [5.41, 5.74) is 1.10. The minimum absolute atomic E-state index is 0.0950. The standard InChI is InChI=1S/C23H33N3O3S/c1-21(10-14-11-25-26-19(14)9-15(21)12-27)17-3-5-22(2)18(16(17)13-28)4-6-23(22,29)20-24-7-8-30-20/h7-8,11,15-18,27-29H,3-6,9-10,12-13H2,1-2H3,(H,25,26)/t15-,16-,17+,18+,21+,22+,23-/m1/s1. The molecule has 0 spiro atoms. The Morgan fingerprint density at radius 2 is 1.97 bits per heavy atom. The predicted octanol–water partition coefficient (Wildman–Crippen LogP) is 2.90. The third-order valence-electron chi connectivity index (χ3n) is 9.42. The Kier molecular flexibility index (Phi) is 4.89. The Hall–Kier alpha value is -1.28. The first-order valence-corrected chi connectivity index (χ1v) is 12.1. The molecule has 2 saturated carbocycles. The maximum Gasteiger partial charge on any atom is 0.125 e. The molecule has 0 saturated heterocycles. The first kappa shape index (κ1) is 20.6. The van der Waals surface area contributed by atoms with Gasteiger partial charge in [0.25, 0.3) is 0 Å². The second-order valence-electron chi connectivity index (χ2n) is 10.4. The van der Waals surface area contributed by atoms with E-state index >= 15 is 0 Å². The first-order valence-electron chi connectivity index (χ1n) is 11.2. The van der Waals surface area contributed by atoms with Gasteiger partial charge < -0.3 is 15.3 Å². The highest BCUT2D eigenvalue weighted by molar-refractivity contribution is 7.09. The zero-order chi connectivity index (χ0) is 21.1. The molecule has 2 heterocycles. The van der Waals surface area contributed by atoms with Crippen molar-refractivity contribution in [1.29, 1.82) is 0 Å². The van der Waals surface area contributed by atoms with Crippen molar-refractivity contribution in [2.24, 2.45) is 34.5 Å². The van der Waals surface area contributed by atoms with Crippen molar-refractivity contribution in [2.45, 2.75) is 58.0 Å². The van der Waals surface area contributed by atoms with Gasteiger partial charge in [0.2, 0.25) is 0 Å². The normalized spacial score (nSPS) is 43.4. The highest BCUT2D eigenvalue weighted by Gasteiger charge is 2.64. The number of thiazole rings is 1. The van der Waals surface area contributed by atoms with Gasteiger partial charge in [0.1, 0.15) is 10.6 Å². The molecule has 30 heavy (non-hydrogen) atoms. The van der Waals surface area contributed by atoms with E-state index in [1.807, 2.05) is 11.6 Å². The van der Waals surface area contributed by atoms with E-state index in [1.54, 1.807) is 17.5 Å². The van der Waals surface area contributed by atoms with Crippen LogP contribution in [0.5, 0.6) is 0 Å². The van der Waals surface area contributed by atoms with Gasteiger partial charge in [0, 0.05) is 35.9 Å². The molecule has 7 atom stereocenters. The van der Waals surface area contributed by atoms with Crippen LogP contribution >= 0.6 is 11.3 Å². The van der Waals surface area contributed by atoms with E-state index in [9.17, 15) is 15.3 Å². The summed E-state index contributed by atoms with van der Waals surface area (Å²) in [6.07, 6.45) is 8.88. The van der Waals surface area contributed by atoms with Gasteiger partial charge in [-0.15, -0.1) is 11.3 Å². The van der Waals surface area contributed by atoms with E-state index in [4.69, 9.17) is 0 Å². The highest BCUT2D eigenvalue weighted by Crippen LogP contribution is 2.67. The second-order valence-corrected chi connectivity index (χ2v) is 11.3. The minimum Gasteiger partial charge on any atom is -0.396 e. The molecule has 5 rings (SSSR count). The van der Waals surface area contributed by atoms with Crippen molar-refractivity contribution in [3.05, 3.63) is 34.0 Å². The van der Waals surface area contributed by atoms with Crippen molar-refractivity contribution >= 4 is 11.3 Å². The van der Waals surface area contributed by atoms with E-state index < -0.39 is 5.60 Å².